The first-order valence-corrected chi connectivity index (χ1v) is 6.52. The monoisotopic (exact) mass is 313 g/mol. The first-order chi connectivity index (χ1) is 10.4. The molecular weight excluding hydrogens is 294 g/mol. The van der Waals surface area contributed by atoms with Gasteiger partial charge < -0.3 is 14.9 Å². The number of carbonyl (C=O) groups is 1. The number of fused-ring (bicyclic) bond motifs is 1. The second kappa shape index (κ2) is 7.52. The maximum Gasteiger partial charge on any atom is 0.332 e. The van der Waals surface area contributed by atoms with Crippen molar-refractivity contribution in [2.24, 2.45) is 20.0 Å². The third kappa shape index (κ3) is 3.40. The summed E-state index contributed by atoms with van der Waals surface area (Å²) < 4.78 is 4.03. The van der Waals surface area contributed by atoms with Gasteiger partial charge in [0.05, 0.1) is 6.33 Å². The van der Waals surface area contributed by atoms with Crippen LogP contribution in [-0.4, -0.2) is 35.0 Å². The minimum absolute atomic E-state index is 0.100. The van der Waals surface area contributed by atoms with Gasteiger partial charge in [-0.2, -0.15) is 0 Å². The largest absolute Gasteiger partial charge is 0.481 e. The number of carboxylic acids is 1. The maximum atomic E-state index is 12.1. The number of aromatic nitrogens is 4. The van der Waals surface area contributed by atoms with Crippen molar-refractivity contribution < 1.29 is 15.1 Å². The van der Waals surface area contributed by atoms with E-state index in [-0.39, 0.29) is 12.0 Å². The second-order valence-corrected chi connectivity index (χ2v) is 4.67. The summed E-state index contributed by atoms with van der Waals surface area (Å²) >= 11 is 0. The molecule has 10 heteroatoms. The molecule has 0 fully saturated rings. The quantitative estimate of drug-likeness (QED) is 0.475. The van der Waals surface area contributed by atoms with Gasteiger partial charge in [-0.3, -0.25) is 18.7 Å². The lowest BCUT2D eigenvalue weighted by molar-refractivity contribution is -0.137. The fraction of sp³-hybridized carbons (Fsp3) is 0.500. The van der Waals surface area contributed by atoms with Crippen LogP contribution in [-0.2, 0) is 25.4 Å². The highest BCUT2D eigenvalue weighted by atomic mass is 16.4. The van der Waals surface area contributed by atoms with E-state index in [1.54, 1.807) is 11.6 Å². The molecule has 2 aromatic heterocycles. The maximum absolute atomic E-state index is 12.1. The fourth-order valence-electron chi connectivity index (χ4n) is 2.12. The zero-order valence-electron chi connectivity index (χ0n) is 12.4. The number of imidazole rings is 1. The van der Waals surface area contributed by atoms with Crippen LogP contribution in [0.3, 0.4) is 0 Å². The van der Waals surface area contributed by atoms with Crippen molar-refractivity contribution in [3.05, 3.63) is 27.2 Å². The van der Waals surface area contributed by atoms with Crippen LogP contribution >= 0.6 is 0 Å². The van der Waals surface area contributed by atoms with Gasteiger partial charge in [0, 0.05) is 27.1 Å². The SMILES string of the molecule is Cn1c(=O)c2c(ncn2CCCCC(=O)O)n(C)c1=O.NO. The Labute approximate surface area is 125 Å². The number of nitrogens with two attached hydrogens (primary N) is 1. The van der Waals surface area contributed by atoms with Crippen molar-refractivity contribution >= 4 is 17.1 Å². The number of unbranched alkanes of at least 4 members (excludes halogenated alkanes) is 1. The lowest BCUT2D eigenvalue weighted by atomic mass is 10.2. The second-order valence-electron chi connectivity index (χ2n) is 4.67. The average Bonchev–Trinajstić information content (AvgIpc) is 2.93. The Kier molecular flexibility index (Phi) is 6.01. The molecule has 0 aromatic carbocycles. The number of hydrogen-bond acceptors (Lipinski definition) is 6. The number of hydrogen-bond donors (Lipinski definition) is 3. The number of carboxylic acid groups (broad SMARTS) is 1. The van der Waals surface area contributed by atoms with E-state index in [1.165, 1.54) is 17.9 Å². The number of nitrogens with zero attached hydrogens (tertiary/aromatic N) is 4. The molecule has 2 rings (SSSR count). The van der Waals surface area contributed by atoms with E-state index < -0.39 is 11.7 Å². The molecule has 0 atom stereocenters. The molecule has 0 saturated carbocycles. The molecule has 0 radical (unpaired) electrons. The first kappa shape index (κ1) is 17.6. The highest BCUT2D eigenvalue weighted by molar-refractivity contribution is 5.70. The molecule has 0 aliphatic rings. The summed E-state index contributed by atoms with van der Waals surface area (Å²) in [6.45, 7) is 0.497. The van der Waals surface area contributed by atoms with Crippen LogP contribution in [0.15, 0.2) is 15.9 Å². The van der Waals surface area contributed by atoms with Gasteiger partial charge in [0.2, 0.25) is 0 Å². The van der Waals surface area contributed by atoms with Gasteiger partial charge in [-0.25, -0.2) is 15.7 Å². The minimum atomic E-state index is -0.834. The van der Waals surface area contributed by atoms with Crippen LogP contribution < -0.4 is 17.1 Å². The Morgan fingerprint density at radius 2 is 1.86 bits per heavy atom. The van der Waals surface area contributed by atoms with Gasteiger partial charge in [0.25, 0.3) is 5.56 Å². The molecule has 0 amide bonds. The predicted octanol–water partition coefficient (Wildman–Crippen LogP) is -0.977. The van der Waals surface area contributed by atoms with E-state index in [4.69, 9.17) is 10.3 Å². The molecule has 2 heterocycles. The van der Waals surface area contributed by atoms with Gasteiger partial charge in [-0.05, 0) is 12.8 Å². The fourth-order valence-corrected chi connectivity index (χ4v) is 2.12. The van der Waals surface area contributed by atoms with Crippen molar-refractivity contribution in [2.45, 2.75) is 25.8 Å². The first-order valence-electron chi connectivity index (χ1n) is 6.52. The van der Waals surface area contributed by atoms with E-state index in [9.17, 15) is 14.4 Å². The normalized spacial score (nSPS) is 10.4. The van der Waals surface area contributed by atoms with Crippen molar-refractivity contribution in [2.75, 3.05) is 0 Å². The molecule has 0 aliphatic carbocycles. The molecule has 10 nitrogen and oxygen atoms in total. The highest BCUT2D eigenvalue weighted by Gasteiger charge is 2.13. The molecule has 122 valence electrons. The molecule has 22 heavy (non-hydrogen) atoms. The van der Waals surface area contributed by atoms with Gasteiger partial charge in [-0.1, -0.05) is 0 Å². The van der Waals surface area contributed by atoms with E-state index >= 15 is 0 Å². The van der Waals surface area contributed by atoms with Gasteiger partial charge in [0.1, 0.15) is 0 Å². The third-order valence-corrected chi connectivity index (χ3v) is 3.26. The molecule has 2 aromatic rings. The lowest BCUT2D eigenvalue weighted by Crippen LogP contribution is -2.37. The summed E-state index contributed by atoms with van der Waals surface area (Å²) in [5.41, 5.74) is -0.0984. The van der Waals surface area contributed by atoms with E-state index in [1.807, 2.05) is 0 Å². The number of rotatable bonds is 5. The summed E-state index contributed by atoms with van der Waals surface area (Å²) in [4.78, 5) is 38.4. The summed E-state index contributed by atoms with van der Waals surface area (Å²) in [6.07, 6.45) is 2.76. The van der Waals surface area contributed by atoms with Crippen LogP contribution in [0.5, 0.6) is 0 Å². The van der Waals surface area contributed by atoms with Crippen LogP contribution in [0.1, 0.15) is 19.3 Å². The molecule has 0 bridgehead atoms. The van der Waals surface area contributed by atoms with Crippen LogP contribution in [0, 0.1) is 0 Å². The molecule has 0 spiro atoms. The standard InChI is InChI=1S/C12H16N4O4.H3NO/c1-14-10-9(11(19)15(2)12(14)20)16(7-13-10)6-4-3-5-8(17)18;1-2/h7H,3-6H2,1-2H3,(H,17,18);2H,1H2. The van der Waals surface area contributed by atoms with E-state index in [0.717, 1.165) is 4.57 Å². The summed E-state index contributed by atoms with van der Waals surface area (Å²) in [7, 11) is 2.98. The van der Waals surface area contributed by atoms with Crippen LogP contribution in [0.25, 0.3) is 11.2 Å². The summed E-state index contributed by atoms with van der Waals surface area (Å²) in [5, 5.41) is 15.1. The topological polar surface area (TPSA) is 145 Å². The Morgan fingerprint density at radius 3 is 2.45 bits per heavy atom. The molecule has 0 saturated heterocycles. The Hall–Kier alpha value is -2.46. The Morgan fingerprint density at radius 1 is 1.23 bits per heavy atom. The lowest BCUT2D eigenvalue weighted by Gasteiger charge is -2.06. The Bertz CT molecular complexity index is 773. The Balaban J connectivity index is 0.00000116. The van der Waals surface area contributed by atoms with E-state index in [2.05, 4.69) is 10.9 Å². The number of aliphatic carboxylic acids is 1. The third-order valence-electron chi connectivity index (χ3n) is 3.26. The smallest absolute Gasteiger partial charge is 0.332 e. The molecular formula is C12H19N5O5. The molecule has 4 N–H and O–H groups in total. The van der Waals surface area contributed by atoms with Crippen molar-refractivity contribution in [1.82, 2.24) is 18.7 Å². The van der Waals surface area contributed by atoms with Gasteiger partial charge >= 0.3 is 11.7 Å². The van der Waals surface area contributed by atoms with Crippen molar-refractivity contribution in [3.8, 4) is 0 Å². The highest BCUT2D eigenvalue weighted by Crippen LogP contribution is 2.07. The molecule has 0 aliphatic heterocycles. The zero-order chi connectivity index (χ0) is 16.9. The van der Waals surface area contributed by atoms with E-state index in [0.29, 0.717) is 30.6 Å². The minimum Gasteiger partial charge on any atom is -0.481 e. The summed E-state index contributed by atoms with van der Waals surface area (Å²) in [5.74, 6) is 2.67. The van der Waals surface area contributed by atoms with Crippen molar-refractivity contribution in [1.29, 1.82) is 0 Å². The number of aryl methyl sites for hydroxylation is 2. The van der Waals surface area contributed by atoms with Gasteiger partial charge in [0.15, 0.2) is 11.2 Å². The predicted molar refractivity (Wildman–Crippen MR) is 77.7 cm³/mol. The summed E-state index contributed by atoms with van der Waals surface area (Å²) in [6, 6.07) is 0. The zero-order valence-corrected chi connectivity index (χ0v) is 12.4. The molecule has 0 unspecified atom stereocenters. The van der Waals surface area contributed by atoms with Crippen molar-refractivity contribution in [3.63, 3.8) is 0 Å². The average molecular weight is 313 g/mol. The van der Waals surface area contributed by atoms with Crippen LogP contribution in [0.4, 0.5) is 0 Å². The van der Waals surface area contributed by atoms with Gasteiger partial charge in [-0.15, -0.1) is 0 Å². The van der Waals surface area contributed by atoms with Crippen LogP contribution in [0.2, 0.25) is 0 Å².